The van der Waals surface area contributed by atoms with Gasteiger partial charge in [0.2, 0.25) is 5.91 Å². The summed E-state index contributed by atoms with van der Waals surface area (Å²) in [7, 11) is 0. The van der Waals surface area contributed by atoms with E-state index in [1.807, 2.05) is 36.4 Å². The maximum Gasteiger partial charge on any atom is 0.407 e. The second kappa shape index (κ2) is 9.40. The van der Waals surface area contributed by atoms with Gasteiger partial charge in [-0.3, -0.25) is 9.59 Å². The number of alkyl carbamates (subject to hydrolysis) is 1. The van der Waals surface area contributed by atoms with E-state index in [0.29, 0.717) is 6.42 Å². The van der Waals surface area contributed by atoms with Crippen LogP contribution in [0.3, 0.4) is 0 Å². The first-order valence-corrected chi connectivity index (χ1v) is 10.7. The molecular formula is C24H26N2O6. The molecule has 2 aliphatic rings. The fourth-order valence-electron chi connectivity index (χ4n) is 4.27. The summed E-state index contributed by atoms with van der Waals surface area (Å²) in [6.45, 7) is 2.07. The molecule has 1 saturated heterocycles. The topological polar surface area (TPSA) is 114 Å². The van der Waals surface area contributed by atoms with Crippen molar-refractivity contribution < 1.29 is 29.0 Å². The molecular weight excluding hydrogens is 412 g/mol. The number of amides is 2. The molecule has 0 aromatic heterocycles. The number of benzene rings is 2. The lowest BCUT2D eigenvalue weighted by Crippen LogP contribution is -2.46. The number of carbonyl (C=O) groups excluding carboxylic acids is 2. The summed E-state index contributed by atoms with van der Waals surface area (Å²) in [5.41, 5.74) is 4.51. The smallest absolute Gasteiger partial charge is 0.407 e. The van der Waals surface area contributed by atoms with Crippen molar-refractivity contribution in [3.05, 3.63) is 59.7 Å². The van der Waals surface area contributed by atoms with Gasteiger partial charge in [-0.1, -0.05) is 48.5 Å². The van der Waals surface area contributed by atoms with Crippen LogP contribution in [0.1, 0.15) is 30.4 Å². The molecule has 8 heteroatoms. The Labute approximate surface area is 185 Å². The fourth-order valence-corrected chi connectivity index (χ4v) is 4.27. The van der Waals surface area contributed by atoms with Crippen LogP contribution in [-0.2, 0) is 19.1 Å². The average Bonchev–Trinajstić information content (AvgIpc) is 3.39. The van der Waals surface area contributed by atoms with Crippen molar-refractivity contribution in [3.63, 3.8) is 0 Å². The van der Waals surface area contributed by atoms with Gasteiger partial charge < -0.3 is 25.2 Å². The van der Waals surface area contributed by atoms with Crippen molar-refractivity contribution in [1.29, 1.82) is 0 Å². The van der Waals surface area contributed by atoms with E-state index in [-0.39, 0.29) is 37.7 Å². The largest absolute Gasteiger partial charge is 0.481 e. The molecule has 2 aromatic rings. The number of ether oxygens (including phenoxy) is 2. The third kappa shape index (κ3) is 4.60. The number of rotatable bonds is 7. The molecule has 32 heavy (non-hydrogen) atoms. The van der Waals surface area contributed by atoms with E-state index in [4.69, 9.17) is 14.6 Å². The van der Waals surface area contributed by atoms with Crippen LogP contribution in [0.25, 0.3) is 11.1 Å². The summed E-state index contributed by atoms with van der Waals surface area (Å²) in [6, 6.07) is 15.3. The number of nitrogens with one attached hydrogen (secondary N) is 2. The molecule has 1 fully saturated rings. The van der Waals surface area contributed by atoms with Crippen LogP contribution in [0.15, 0.2) is 48.5 Å². The number of hydrogen-bond donors (Lipinski definition) is 3. The highest BCUT2D eigenvalue weighted by Gasteiger charge is 2.32. The van der Waals surface area contributed by atoms with E-state index in [1.165, 1.54) is 0 Å². The number of carbonyl (C=O) groups is 3. The van der Waals surface area contributed by atoms with Gasteiger partial charge in [0.15, 0.2) is 0 Å². The first-order valence-electron chi connectivity index (χ1n) is 10.7. The Morgan fingerprint density at radius 2 is 1.72 bits per heavy atom. The van der Waals surface area contributed by atoms with Gasteiger partial charge in [-0.15, -0.1) is 0 Å². The van der Waals surface area contributed by atoms with Gasteiger partial charge >= 0.3 is 12.1 Å². The Morgan fingerprint density at radius 1 is 1.09 bits per heavy atom. The van der Waals surface area contributed by atoms with Crippen molar-refractivity contribution in [2.24, 2.45) is 5.92 Å². The molecule has 0 unspecified atom stereocenters. The Bertz CT molecular complexity index is 978. The molecule has 0 radical (unpaired) electrons. The maximum atomic E-state index is 12.3. The van der Waals surface area contributed by atoms with Gasteiger partial charge in [-0.05, 0) is 35.6 Å². The Kier molecular flexibility index (Phi) is 6.41. The Hall–Kier alpha value is -3.39. The van der Waals surface area contributed by atoms with E-state index >= 15 is 0 Å². The minimum atomic E-state index is -0.899. The molecule has 168 valence electrons. The number of hydrogen-bond acceptors (Lipinski definition) is 5. The monoisotopic (exact) mass is 438 g/mol. The van der Waals surface area contributed by atoms with Crippen LogP contribution in [0.5, 0.6) is 0 Å². The minimum Gasteiger partial charge on any atom is -0.481 e. The van der Waals surface area contributed by atoms with Crippen molar-refractivity contribution in [1.82, 2.24) is 10.6 Å². The van der Waals surface area contributed by atoms with E-state index < -0.39 is 24.0 Å². The summed E-state index contributed by atoms with van der Waals surface area (Å²) in [5, 5.41) is 14.2. The van der Waals surface area contributed by atoms with Crippen LogP contribution in [0.2, 0.25) is 0 Å². The van der Waals surface area contributed by atoms with Crippen LogP contribution in [-0.4, -0.2) is 55.0 Å². The zero-order valence-electron chi connectivity index (χ0n) is 17.7. The Balaban J connectivity index is 1.26. The second-order valence-electron chi connectivity index (χ2n) is 8.16. The molecule has 0 spiro atoms. The van der Waals surface area contributed by atoms with Crippen molar-refractivity contribution >= 4 is 18.0 Å². The second-order valence-corrected chi connectivity index (χ2v) is 8.16. The quantitative estimate of drug-likeness (QED) is 0.612. The predicted octanol–water partition coefficient (Wildman–Crippen LogP) is 2.52. The lowest BCUT2D eigenvalue weighted by molar-refractivity contribution is -0.141. The number of carboxylic acid groups (broad SMARTS) is 1. The summed E-state index contributed by atoms with van der Waals surface area (Å²) in [6.07, 6.45) is -0.664. The van der Waals surface area contributed by atoms with E-state index in [1.54, 1.807) is 6.92 Å². The van der Waals surface area contributed by atoms with E-state index in [9.17, 15) is 14.4 Å². The van der Waals surface area contributed by atoms with Gasteiger partial charge in [-0.25, -0.2) is 4.79 Å². The van der Waals surface area contributed by atoms with E-state index in [2.05, 4.69) is 22.8 Å². The Morgan fingerprint density at radius 3 is 2.31 bits per heavy atom. The molecule has 8 nitrogen and oxygen atoms in total. The zero-order valence-corrected chi connectivity index (χ0v) is 17.7. The van der Waals surface area contributed by atoms with Crippen LogP contribution in [0.4, 0.5) is 4.79 Å². The minimum absolute atomic E-state index is 0.0565. The summed E-state index contributed by atoms with van der Waals surface area (Å²) < 4.78 is 10.8. The van der Waals surface area contributed by atoms with Gasteiger partial charge in [0, 0.05) is 12.5 Å². The van der Waals surface area contributed by atoms with Crippen molar-refractivity contribution in [2.45, 2.75) is 31.4 Å². The van der Waals surface area contributed by atoms with Crippen LogP contribution in [0, 0.1) is 5.92 Å². The molecule has 1 aliphatic heterocycles. The van der Waals surface area contributed by atoms with Crippen LogP contribution >= 0.6 is 0 Å². The first kappa shape index (κ1) is 21.8. The first-order chi connectivity index (χ1) is 15.4. The normalized spacial score (nSPS) is 20.2. The molecule has 1 heterocycles. The van der Waals surface area contributed by atoms with Gasteiger partial charge in [0.1, 0.15) is 12.6 Å². The molecule has 2 aromatic carbocycles. The zero-order chi connectivity index (χ0) is 22.7. The number of fused-ring (bicyclic) bond motifs is 3. The lowest BCUT2D eigenvalue weighted by Gasteiger charge is -2.18. The molecule has 2 amide bonds. The summed E-state index contributed by atoms with van der Waals surface area (Å²) >= 11 is 0. The highest BCUT2D eigenvalue weighted by atomic mass is 16.5. The van der Waals surface area contributed by atoms with Crippen molar-refractivity contribution in [3.8, 4) is 11.1 Å². The van der Waals surface area contributed by atoms with Gasteiger partial charge in [-0.2, -0.15) is 0 Å². The third-order valence-electron chi connectivity index (χ3n) is 6.01. The standard InChI is InChI=1S/C24H26N2O6/c1-14(22(27)25-11-16-10-15(12-31-16)23(28)29)26-24(30)32-13-21-19-8-4-2-6-17(19)18-7-3-5-9-20(18)21/h2-9,14-16,21H,10-13H2,1H3,(H,25,27)(H,26,30)(H,28,29)/t14-,15+,16+/m1/s1. The fraction of sp³-hybridized carbons (Fsp3) is 0.375. The highest BCUT2D eigenvalue weighted by molar-refractivity contribution is 5.85. The maximum absolute atomic E-state index is 12.3. The van der Waals surface area contributed by atoms with E-state index in [0.717, 1.165) is 22.3 Å². The highest BCUT2D eigenvalue weighted by Crippen LogP contribution is 2.44. The van der Waals surface area contributed by atoms with Gasteiger partial charge in [0.05, 0.1) is 18.6 Å². The lowest BCUT2D eigenvalue weighted by atomic mass is 9.98. The molecule has 3 N–H and O–H groups in total. The molecule has 0 saturated carbocycles. The van der Waals surface area contributed by atoms with Crippen molar-refractivity contribution in [2.75, 3.05) is 19.8 Å². The molecule has 0 bridgehead atoms. The SMILES string of the molecule is C[C@@H](NC(=O)OCC1c2ccccc2-c2ccccc21)C(=O)NC[C@@H]1C[C@H](C(=O)O)CO1. The summed E-state index contributed by atoms with van der Waals surface area (Å²) in [4.78, 5) is 35.6. The number of aliphatic carboxylic acids is 1. The molecule has 1 aliphatic carbocycles. The molecule has 4 rings (SSSR count). The van der Waals surface area contributed by atoms with Gasteiger partial charge in [0.25, 0.3) is 0 Å². The molecule has 3 atom stereocenters. The third-order valence-corrected chi connectivity index (χ3v) is 6.01. The average molecular weight is 438 g/mol. The summed E-state index contributed by atoms with van der Waals surface area (Å²) in [5.74, 6) is -1.89. The van der Waals surface area contributed by atoms with Crippen LogP contribution < -0.4 is 10.6 Å². The predicted molar refractivity (Wildman–Crippen MR) is 116 cm³/mol. The number of carboxylic acids is 1.